The number of hydrogen-bond acceptors (Lipinski definition) is 2. The molecule has 0 radical (unpaired) electrons. The highest BCUT2D eigenvalue weighted by Crippen LogP contribution is 2.43. The first-order valence-electron chi connectivity index (χ1n) is 5.99. The standard InChI is InChI=1S/C15H12BrCl3O2/c1-20-12-6-9(10(16)7-13(12)21-2)14(18)8-4-3-5-11(17)15(8)19/h3-7,14H,1-2H3. The summed E-state index contributed by atoms with van der Waals surface area (Å²) in [7, 11) is 3.15. The van der Waals surface area contributed by atoms with Gasteiger partial charge in [0, 0.05) is 4.47 Å². The SMILES string of the molecule is COc1cc(Br)c(C(Cl)c2cccc(Cl)c2Cl)cc1OC. The van der Waals surface area contributed by atoms with Gasteiger partial charge in [-0.3, -0.25) is 0 Å². The first kappa shape index (κ1) is 16.8. The molecule has 21 heavy (non-hydrogen) atoms. The van der Waals surface area contributed by atoms with Gasteiger partial charge in [0.1, 0.15) is 0 Å². The maximum absolute atomic E-state index is 6.57. The van der Waals surface area contributed by atoms with Crippen molar-refractivity contribution in [3.63, 3.8) is 0 Å². The van der Waals surface area contributed by atoms with Crippen LogP contribution >= 0.6 is 50.7 Å². The molecule has 0 saturated carbocycles. The number of ether oxygens (including phenoxy) is 2. The molecule has 112 valence electrons. The molecular weight excluding hydrogens is 398 g/mol. The molecule has 0 heterocycles. The smallest absolute Gasteiger partial charge is 0.161 e. The number of rotatable bonds is 4. The van der Waals surface area contributed by atoms with Crippen LogP contribution in [0, 0.1) is 0 Å². The van der Waals surface area contributed by atoms with Crippen molar-refractivity contribution in [2.75, 3.05) is 14.2 Å². The van der Waals surface area contributed by atoms with Crippen LogP contribution in [0.4, 0.5) is 0 Å². The molecule has 2 rings (SSSR count). The summed E-state index contributed by atoms with van der Waals surface area (Å²) in [4.78, 5) is 0. The lowest BCUT2D eigenvalue weighted by molar-refractivity contribution is 0.354. The summed E-state index contributed by atoms with van der Waals surface area (Å²) >= 11 is 22.3. The van der Waals surface area contributed by atoms with Gasteiger partial charge in [0.15, 0.2) is 11.5 Å². The highest BCUT2D eigenvalue weighted by molar-refractivity contribution is 9.10. The van der Waals surface area contributed by atoms with Crippen LogP contribution in [0.15, 0.2) is 34.8 Å². The summed E-state index contributed by atoms with van der Waals surface area (Å²) in [5.41, 5.74) is 1.55. The second-order valence-corrected chi connectivity index (χ2v) is 6.31. The van der Waals surface area contributed by atoms with Crippen LogP contribution in [0.1, 0.15) is 16.5 Å². The number of benzene rings is 2. The number of hydrogen-bond donors (Lipinski definition) is 0. The normalized spacial score (nSPS) is 12.1. The zero-order chi connectivity index (χ0) is 15.6. The Hall–Kier alpha value is -0.610. The van der Waals surface area contributed by atoms with E-state index in [0.29, 0.717) is 21.5 Å². The molecule has 1 atom stereocenters. The van der Waals surface area contributed by atoms with Gasteiger partial charge >= 0.3 is 0 Å². The molecule has 0 aromatic heterocycles. The molecule has 0 N–H and O–H groups in total. The summed E-state index contributed by atoms with van der Waals surface area (Å²) in [5, 5.41) is 0.447. The van der Waals surface area contributed by atoms with E-state index in [2.05, 4.69) is 15.9 Å². The van der Waals surface area contributed by atoms with Crippen molar-refractivity contribution < 1.29 is 9.47 Å². The average Bonchev–Trinajstić information content (AvgIpc) is 2.49. The monoisotopic (exact) mass is 408 g/mol. The molecule has 1 unspecified atom stereocenters. The Morgan fingerprint density at radius 3 is 2.24 bits per heavy atom. The Bertz CT molecular complexity index is 662. The van der Waals surface area contributed by atoms with Crippen molar-refractivity contribution >= 4 is 50.7 Å². The Morgan fingerprint density at radius 2 is 1.62 bits per heavy atom. The molecule has 6 heteroatoms. The number of halogens is 4. The van der Waals surface area contributed by atoms with E-state index in [0.717, 1.165) is 15.6 Å². The summed E-state index contributed by atoms with van der Waals surface area (Å²) < 4.78 is 11.4. The molecule has 2 nitrogen and oxygen atoms in total. The molecule has 2 aromatic carbocycles. The van der Waals surface area contributed by atoms with Crippen molar-refractivity contribution in [3.05, 3.63) is 56.0 Å². The fraction of sp³-hybridized carbons (Fsp3) is 0.200. The van der Waals surface area contributed by atoms with Crippen molar-refractivity contribution in [1.82, 2.24) is 0 Å². The van der Waals surface area contributed by atoms with E-state index >= 15 is 0 Å². The van der Waals surface area contributed by atoms with Gasteiger partial charge < -0.3 is 9.47 Å². The first-order chi connectivity index (χ1) is 9.99. The predicted octanol–water partition coefficient (Wildman–Crippen LogP) is 6.10. The minimum atomic E-state index is -0.467. The minimum Gasteiger partial charge on any atom is -0.493 e. The van der Waals surface area contributed by atoms with Crippen LogP contribution in [-0.4, -0.2) is 14.2 Å². The quantitative estimate of drug-likeness (QED) is 0.567. The van der Waals surface area contributed by atoms with E-state index in [1.165, 1.54) is 0 Å². The van der Waals surface area contributed by atoms with Gasteiger partial charge in [-0.05, 0) is 29.3 Å². The van der Waals surface area contributed by atoms with Crippen LogP contribution in [-0.2, 0) is 0 Å². The van der Waals surface area contributed by atoms with E-state index < -0.39 is 5.38 Å². The van der Waals surface area contributed by atoms with Gasteiger partial charge in [0.05, 0.1) is 29.6 Å². The minimum absolute atomic E-state index is 0.445. The maximum Gasteiger partial charge on any atom is 0.161 e. The van der Waals surface area contributed by atoms with Crippen LogP contribution in [0.25, 0.3) is 0 Å². The van der Waals surface area contributed by atoms with Crippen molar-refractivity contribution in [2.45, 2.75) is 5.38 Å². The van der Waals surface area contributed by atoms with Gasteiger partial charge in [-0.2, -0.15) is 0 Å². The van der Waals surface area contributed by atoms with Gasteiger partial charge in [0.25, 0.3) is 0 Å². The second-order valence-electron chi connectivity index (χ2n) is 4.23. The summed E-state index contributed by atoms with van der Waals surface area (Å²) in [6.07, 6.45) is 0. The Balaban J connectivity index is 2.53. The number of alkyl halides is 1. The molecule has 0 fully saturated rings. The first-order valence-corrected chi connectivity index (χ1v) is 7.97. The molecule has 2 aromatic rings. The van der Waals surface area contributed by atoms with E-state index in [9.17, 15) is 0 Å². The second kappa shape index (κ2) is 7.10. The van der Waals surface area contributed by atoms with Crippen LogP contribution in [0.5, 0.6) is 11.5 Å². The third kappa shape index (κ3) is 3.42. The van der Waals surface area contributed by atoms with E-state index in [1.54, 1.807) is 20.3 Å². The highest BCUT2D eigenvalue weighted by atomic mass is 79.9. The molecule has 0 saturated heterocycles. The zero-order valence-corrected chi connectivity index (χ0v) is 15.1. The molecule has 0 aliphatic rings. The van der Waals surface area contributed by atoms with Crippen LogP contribution in [0.2, 0.25) is 10.0 Å². The van der Waals surface area contributed by atoms with Gasteiger partial charge in [0.2, 0.25) is 0 Å². The third-order valence-electron chi connectivity index (χ3n) is 3.03. The van der Waals surface area contributed by atoms with E-state index in [1.807, 2.05) is 24.3 Å². The lowest BCUT2D eigenvalue weighted by Crippen LogP contribution is -1.99. The van der Waals surface area contributed by atoms with Crippen LogP contribution < -0.4 is 9.47 Å². The zero-order valence-electron chi connectivity index (χ0n) is 11.3. The van der Waals surface area contributed by atoms with Crippen molar-refractivity contribution in [1.29, 1.82) is 0 Å². The highest BCUT2D eigenvalue weighted by Gasteiger charge is 2.20. The Labute approximate surface area is 147 Å². The topological polar surface area (TPSA) is 18.5 Å². The molecule has 0 aliphatic heterocycles. The fourth-order valence-electron chi connectivity index (χ4n) is 1.95. The lowest BCUT2D eigenvalue weighted by Gasteiger charge is -2.17. The Morgan fingerprint density at radius 1 is 1.00 bits per heavy atom. The maximum atomic E-state index is 6.57. The predicted molar refractivity (Wildman–Crippen MR) is 91.4 cm³/mol. The summed E-state index contributed by atoms with van der Waals surface area (Å²) in [6, 6.07) is 9.00. The molecule has 0 aliphatic carbocycles. The third-order valence-corrected chi connectivity index (χ3v) is 5.02. The largest absolute Gasteiger partial charge is 0.493 e. The fourth-order valence-corrected chi connectivity index (χ4v) is 3.47. The molecule has 0 amide bonds. The van der Waals surface area contributed by atoms with Crippen molar-refractivity contribution in [3.8, 4) is 11.5 Å². The van der Waals surface area contributed by atoms with Gasteiger partial charge in [-0.25, -0.2) is 0 Å². The van der Waals surface area contributed by atoms with Crippen molar-refractivity contribution in [2.24, 2.45) is 0 Å². The molecule has 0 spiro atoms. The average molecular weight is 411 g/mol. The van der Waals surface area contributed by atoms with Gasteiger partial charge in [-0.1, -0.05) is 51.3 Å². The lowest BCUT2D eigenvalue weighted by atomic mass is 10.0. The van der Waals surface area contributed by atoms with Crippen LogP contribution in [0.3, 0.4) is 0 Å². The van der Waals surface area contributed by atoms with E-state index in [-0.39, 0.29) is 0 Å². The Kier molecular flexibility index (Phi) is 5.67. The summed E-state index contributed by atoms with van der Waals surface area (Å²) in [5.74, 6) is 1.22. The van der Waals surface area contributed by atoms with Gasteiger partial charge in [-0.15, -0.1) is 11.6 Å². The molecule has 0 bridgehead atoms. The van der Waals surface area contributed by atoms with E-state index in [4.69, 9.17) is 44.3 Å². The molecular formula is C15H12BrCl3O2. The summed E-state index contributed by atoms with van der Waals surface area (Å²) in [6.45, 7) is 0. The number of methoxy groups -OCH3 is 2.